The zero-order valence-electron chi connectivity index (χ0n) is 11.8. The van der Waals surface area contributed by atoms with Gasteiger partial charge in [-0.3, -0.25) is 0 Å². The van der Waals surface area contributed by atoms with Crippen LogP contribution in [0.25, 0.3) is 0 Å². The fourth-order valence-corrected chi connectivity index (χ4v) is 1.80. The first-order chi connectivity index (χ1) is 11.0. The Morgan fingerprint density at radius 2 is 1.04 bits per heavy atom. The van der Waals surface area contributed by atoms with E-state index in [0.717, 1.165) is 0 Å². The fraction of sp³-hybridized carbons (Fsp3) is 0.125. The highest BCUT2D eigenvalue weighted by Gasteiger charge is 2.09. The first-order valence-corrected chi connectivity index (χ1v) is 7.29. The molecule has 0 bridgehead atoms. The molecule has 0 N–H and O–H groups in total. The summed E-state index contributed by atoms with van der Waals surface area (Å²) in [6, 6.07) is 12.6. The van der Waals surface area contributed by atoms with Crippen molar-refractivity contribution in [3.63, 3.8) is 0 Å². The third-order valence-electron chi connectivity index (χ3n) is 2.53. The van der Waals surface area contributed by atoms with Gasteiger partial charge in [-0.15, -0.1) is 0 Å². The van der Waals surface area contributed by atoms with Crippen molar-refractivity contribution in [2.45, 2.75) is 0 Å². The van der Waals surface area contributed by atoms with Gasteiger partial charge in [0.15, 0.2) is 0 Å². The number of rotatable bonds is 6. The molecule has 7 heteroatoms. The third-order valence-corrected chi connectivity index (χ3v) is 3.03. The van der Waals surface area contributed by atoms with Crippen LogP contribution in [0, 0.1) is 0 Å². The highest BCUT2D eigenvalue weighted by atomic mass is 35.5. The van der Waals surface area contributed by atoms with E-state index >= 15 is 0 Å². The van der Waals surface area contributed by atoms with Crippen LogP contribution in [-0.4, -0.2) is 25.2 Å². The van der Waals surface area contributed by atoms with Crippen LogP contribution in [0.4, 0.5) is 0 Å². The quantitative estimate of drug-likeness (QED) is 0.586. The first kappa shape index (κ1) is 17.3. The van der Waals surface area contributed by atoms with Crippen molar-refractivity contribution in [2.75, 3.05) is 13.2 Å². The molecule has 0 spiro atoms. The average Bonchev–Trinajstić information content (AvgIpc) is 2.52. The first-order valence-electron chi connectivity index (χ1n) is 6.53. The lowest BCUT2D eigenvalue weighted by Crippen LogP contribution is -2.21. The number of esters is 2. The van der Waals surface area contributed by atoms with E-state index in [1.807, 2.05) is 0 Å². The van der Waals surface area contributed by atoms with Crippen LogP contribution in [-0.2, 0) is 14.3 Å². The standard InChI is InChI=1S/C16H12Cl2O5/c17-11-1-5-13(6-2-11)22-15(19)9-21-10-16(20)23-14-7-3-12(18)4-8-14/h1-8H,9-10H2. The molecule has 2 aromatic carbocycles. The van der Waals surface area contributed by atoms with E-state index in [1.165, 1.54) is 0 Å². The van der Waals surface area contributed by atoms with Crippen LogP contribution >= 0.6 is 23.2 Å². The van der Waals surface area contributed by atoms with Gasteiger partial charge in [0.05, 0.1) is 0 Å². The highest BCUT2D eigenvalue weighted by Crippen LogP contribution is 2.16. The molecule has 0 saturated carbocycles. The van der Waals surface area contributed by atoms with Crippen LogP contribution in [0.5, 0.6) is 11.5 Å². The van der Waals surface area contributed by atoms with Crippen LogP contribution in [0.3, 0.4) is 0 Å². The van der Waals surface area contributed by atoms with Gasteiger partial charge in [0, 0.05) is 10.0 Å². The van der Waals surface area contributed by atoms with Gasteiger partial charge in [0.25, 0.3) is 0 Å². The summed E-state index contributed by atoms with van der Waals surface area (Å²) < 4.78 is 14.9. The Morgan fingerprint density at radius 1 is 0.696 bits per heavy atom. The van der Waals surface area contributed by atoms with Gasteiger partial charge < -0.3 is 14.2 Å². The number of benzene rings is 2. The second-order valence-electron chi connectivity index (χ2n) is 4.35. The summed E-state index contributed by atoms with van der Waals surface area (Å²) in [5.41, 5.74) is 0. The Labute approximate surface area is 142 Å². The van der Waals surface area contributed by atoms with Gasteiger partial charge in [-0.05, 0) is 48.5 Å². The van der Waals surface area contributed by atoms with Crippen molar-refractivity contribution in [2.24, 2.45) is 0 Å². The molecule has 0 radical (unpaired) electrons. The van der Waals surface area contributed by atoms with Crippen LogP contribution in [0.15, 0.2) is 48.5 Å². The lowest BCUT2D eigenvalue weighted by Gasteiger charge is -2.06. The predicted molar refractivity (Wildman–Crippen MR) is 85.0 cm³/mol. The molecule has 0 heterocycles. The topological polar surface area (TPSA) is 61.8 Å². The van der Waals surface area contributed by atoms with E-state index in [-0.39, 0.29) is 13.2 Å². The minimum absolute atomic E-state index is 0.340. The monoisotopic (exact) mass is 354 g/mol. The molecular weight excluding hydrogens is 343 g/mol. The molecule has 2 rings (SSSR count). The van der Waals surface area contributed by atoms with Crippen LogP contribution < -0.4 is 9.47 Å². The van der Waals surface area contributed by atoms with Gasteiger partial charge in [0.1, 0.15) is 24.7 Å². The normalized spacial score (nSPS) is 10.2. The van der Waals surface area contributed by atoms with Crippen molar-refractivity contribution in [3.8, 4) is 11.5 Å². The molecule has 5 nitrogen and oxygen atoms in total. The van der Waals surface area contributed by atoms with Crippen molar-refractivity contribution in [1.29, 1.82) is 0 Å². The molecule has 0 aromatic heterocycles. The Bertz CT molecular complexity index is 608. The molecular formula is C16H12Cl2O5. The molecule has 2 aromatic rings. The zero-order valence-corrected chi connectivity index (χ0v) is 13.3. The Morgan fingerprint density at radius 3 is 1.39 bits per heavy atom. The summed E-state index contributed by atoms with van der Waals surface area (Å²) in [6.45, 7) is -0.753. The Hall–Kier alpha value is -2.08. The van der Waals surface area contributed by atoms with Crippen LogP contribution in [0.2, 0.25) is 10.0 Å². The van der Waals surface area contributed by atoms with Crippen molar-refractivity contribution in [3.05, 3.63) is 58.6 Å². The summed E-state index contributed by atoms with van der Waals surface area (Å²) >= 11 is 11.4. The van der Waals surface area contributed by atoms with E-state index in [2.05, 4.69) is 0 Å². The number of ether oxygens (including phenoxy) is 3. The van der Waals surface area contributed by atoms with Crippen molar-refractivity contribution >= 4 is 35.1 Å². The maximum Gasteiger partial charge on any atom is 0.337 e. The van der Waals surface area contributed by atoms with E-state index in [9.17, 15) is 9.59 Å². The Balaban J connectivity index is 1.69. The molecule has 0 aliphatic carbocycles. The van der Waals surface area contributed by atoms with Gasteiger partial charge in [-0.2, -0.15) is 0 Å². The lowest BCUT2D eigenvalue weighted by molar-refractivity contribution is -0.145. The number of hydrogen-bond acceptors (Lipinski definition) is 5. The summed E-state index contributed by atoms with van der Waals surface area (Å²) in [6.07, 6.45) is 0. The van der Waals surface area contributed by atoms with E-state index < -0.39 is 11.9 Å². The maximum atomic E-state index is 11.5. The Kier molecular flexibility index (Phi) is 6.40. The van der Waals surface area contributed by atoms with Gasteiger partial charge >= 0.3 is 11.9 Å². The van der Waals surface area contributed by atoms with E-state index in [1.54, 1.807) is 48.5 Å². The molecule has 0 aliphatic rings. The van der Waals surface area contributed by atoms with Gasteiger partial charge in [0.2, 0.25) is 0 Å². The molecule has 120 valence electrons. The molecule has 0 unspecified atom stereocenters. The highest BCUT2D eigenvalue weighted by molar-refractivity contribution is 6.30. The average molecular weight is 355 g/mol. The summed E-state index contributed by atoms with van der Waals surface area (Å²) in [5, 5.41) is 1.07. The summed E-state index contributed by atoms with van der Waals surface area (Å²) in [4.78, 5) is 23.1. The number of halogens is 2. The summed E-state index contributed by atoms with van der Waals surface area (Å²) in [7, 11) is 0. The summed E-state index contributed by atoms with van der Waals surface area (Å²) in [5.74, 6) is -0.586. The largest absolute Gasteiger partial charge is 0.425 e. The fourth-order valence-electron chi connectivity index (χ4n) is 1.54. The lowest BCUT2D eigenvalue weighted by atomic mass is 10.3. The minimum Gasteiger partial charge on any atom is -0.425 e. The third kappa shape index (κ3) is 6.28. The molecule has 0 saturated heterocycles. The zero-order chi connectivity index (χ0) is 16.7. The molecule has 0 aliphatic heterocycles. The molecule has 23 heavy (non-hydrogen) atoms. The van der Waals surface area contributed by atoms with Gasteiger partial charge in [-0.1, -0.05) is 23.2 Å². The second-order valence-corrected chi connectivity index (χ2v) is 5.22. The van der Waals surface area contributed by atoms with Gasteiger partial charge in [-0.25, -0.2) is 9.59 Å². The number of carbonyl (C=O) groups excluding carboxylic acids is 2. The minimum atomic E-state index is -0.633. The van der Waals surface area contributed by atoms with E-state index in [4.69, 9.17) is 37.4 Å². The molecule has 0 amide bonds. The molecule has 0 atom stereocenters. The van der Waals surface area contributed by atoms with Crippen LogP contribution in [0.1, 0.15) is 0 Å². The second kappa shape index (κ2) is 8.53. The predicted octanol–water partition coefficient (Wildman–Crippen LogP) is 3.52. The van der Waals surface area contributed by atoms with E-state index in [0.29, 0.717) is 21.5 Å². The van der Waals surface area contributed by atoms with Crippen molar-refractivity contribution < 1.29 is 23.8 Å². The van der Waals surface area contributed by atoms with Crippen molar-refractivity contribution in [1.82, 2.24) is 0 Å². The number of hydrogen-bond donors (Lipinski definition) is 0. The molecule has 0 fully saturated rings. The smallest absolute Gasteiger partial charge is 0.337 e. The maximum absolute atomic E-state index is 11.5. The SMILES string of the molecule is O=C(COCC(=O)Oc1ccc(Cl)cc1)Oc1ccc(Cl)cc1. The number of carbonyl (C=O) groups is 2.